The summed E-state index contributed by atoms with van der Waals surface area (Å²) in [5.74, 6) is -0.264. The molecule has 0 aromatic carbocycles. The second-order valence-electron chi connectivity index (χ2n) is 6.85. The van der Waals surface area contributed by atoms with Gasteiger partial charge in [0, 0.05) is 28.3 Å². The molecule has 2 aromatic rings. The van der Waals surface area contributed by atoms with E-state index in [1.807, 2.05) is 17.5 Å². The van der Waals surface area contributed by atoms with Gasteiger partial charge in [0.2, 0.25) is 5.91 Å². The van der Waals surface area contributed by atoms with Crippen LogP contribution < -0.4 is 10.6 Å². The third-order valence-electron chi connectivity index (χ3n) is 4.68. The summed E-state index contributed by atoms with van der Waals surface area (Å²) in [6, 6.07) is 6.34. The molecule has 2 heterocycles. The minimum absolute atomic E-state index is 0.196. The molecule has 2 aliphatic carbocycles. The summed E-state index contributed by atoms with van der Waals surface area (Å²) in [4.78, 5) is 26.1. The second kappa shape index (κ2) is 8.17. The molecule has 8 heteroatoms. The largest absolute Gasteiger partial charge is 0.446 e. The van der Waals surface area contributed by atoms with Crippen LogP contribution in [0.5, 0.6) is 0 Å². The number of ether oxygens (including phenoxy) is 1. The molecule has 28 heavy (non-hydrogen) atoms. The maximum Gasteiger partial charge on any atom is 0.407 e. The van der Waals surface area contributed by atoms with Crippen molar-refractivity contribution in [3.05, 3.63) is 44.5 Å². The SMILES string of the molecule is N#Cc1c(NC(=O)C=Cc2cccs2)sc2c1CCC(OC(=O)NC1CC1)C2. The predicted molar refractivity (Wildman–Crippen MR) is 109 cm³/mol. The van der Waals surface area contributed by atoms with E-state index in [2.05, 4.69) is 16.7 Å². The second-order valence-corrected chi connectivity index (χ2v) is 8.93. The van der Waals surface area contributed by atoms with E-state index in [-0.39, 0.29) is 24.1 Å². The number of fused-ring (bicyclic) bond motifs is 1. The Morgan fingerprint density at radius 3 is 2.89 bits per heavy atom. The van der Waals surface area contributed by atoms with Crippen LogP contribution in [0.4, 0.5) is 9.80 Å². The number of hydrogen-bond acceptors (Lipinski definition) is 6. The van der Waals surface area contributed by atoms with Crippen molar-refractivity contribution in [2.45, 2.75) is 44.2 Å². The molecule has 2 aromatic heterocycles. The molecule has 1 saturated carbocycles. The van der Waals surface area contributed by atoms with E-state index in [1.165, 1.54) is 17.4 Å². The number of nitrogens with zero attached hydrogens (tertiary/aromatic N) is 1. The van der Waals surface area contributed by atoms with Crippen molar-refractivity contribution in [1.82, 2.24) is 5.32 Å². The maximum atomic E-state index is 12.2. The highest BCUT2D eigenvalue weighted by Crippen LogP contribution is 2.38. The number of alkyl carbamates (subject to hydrolysis) is 1. The fourth-order valence-corrected chi connectivity index (χ4v) is 5.02. The van der Waals surface area contributed by atoms with Crippen LogP contribution in [0.3, 0.4) is 0 Å². The lowest BCUT2D eigenvalue weighted by molar-refractivity contribution is -0.111. The molecule has 6 nitrogen and oxygen atoms in total. The van der Waals surface area contributed by atoms with Crippen LogP contribution in [0.2, 0.25) is 0 Å². The predicted octanol–water partition coefficient (Wildman–Crippen LogP) is 4.08. The van der Waals surface area contributed by atoms with Crippen molar-refractivity contribution >= 4 is 45.8 Å². The van der Waals surface area contributed by atoms with Crippen LogP contribution in [-0.2, 0) is 22.4 Å². The molecule has 0 saturated heterocycles. The molecular formula is C20H19N3O3S2. The van der Waals surface area contributed by atoms with E-state index < -0.39 is 0 Å². The lowest BCUT2D eigenvalue weighted by Crippen LogP contribution is -2.32. The van der Waals surface area contributed by atoms with Gasteiger partial charge in [-0.25, -0.2) is 4.79 Å². The average Bonchev–Trinajstić information content (AvgIpc) is 3.19. The van der Waals surface area contributed by atoms with Gasteiger partial charge in [-0.3, -0.25) is 4.79 Å². The number of anilines is 1. The van der Waals surface area contributed by atoms with Crippen molar-refractivity contribution in [2.75, 3.05) is 5.32 Å². The van der Waals surface area contributed by atoms with Gasteiger partial charge in [0.05, 0.1) is 5.56 Å². The molecule has 144 valence electrons. The van der Waals surface area contributed by atoms with Crippen LogP contribution in [0.1, 0.15) is 40.1 Å². The standard InChI is InChI=1S/C20H19N3O3S2/c21-11-16-15-7-5-13(26-20(25)22-12-3-4-12)10-17(15)28-19(16)23-18(24)8-6-14-2-1-9-27-14/h1-2,6,8-9,12-13H,3-5,7,10H2,(H,22,25)(H,23,24). The summed E-state index contributed by atoms with van der Waals surface area (Å²) in [7, 11) is 0. The number of nitriles is 1. The smallest absolute Gasteiger partial charge is 0.407 e. The van der Waals surface area contributed by atoms with Crippen molar-refractivity contribution in [1.29, 1.82) is 5.26 Å². The molecule has 2 N–H and O–H groups in total. The maximum absolute atomic E-state index is 12.2. The van der Waals surface area contributed by atoms with Gasteiger partial charge < -0.3 is 15.4 Å². The zero-order valence-corrected chi connectivity index (χ0v) is 16.7. The quantitative estimate of drug-likeness (QED) is 0.723. The Labute approximate surface area is 170 Å². The third kappa shape index (κ3) is 4.43. The van der Waals surface area contributed by atoms with Crippen LogP contribution in [0, 0.1) is 11.3 Å². The molecule has 0 bridgehead atoms. The number of thiophene rings is 2. The fourth-order valence-electron chi connectivity index (χ4n) is 3.14. The number of nitrogens with one attached hydrogen (secondary N) is 2. The minimum Gasteiger partial charge on any atom is -0.446 e. The molecule has 0 spiro atoms. The highest BCUT2D eigenvalue weighted by Gasteiger charge is 2.30. The number of amides is 2. The number of rotatable bonds is 5. The number of hydrogen-bond donors (Lipinski definition) is 2. The van der Waals surface area contributed by atoms with Gasteiger partial charge in [-0.15, -0.1) is 22.7 Å². The van der Waals surface area contributed by atoms with Gasteiger partial charge in [0.25, 0.3) is 0 Å². The lowest BCUT2D eigenvalue weighted by atomic mass is 9.94. The van der Waals surface area contributed by atoms with Crippen LogP contribution >= 0.6 is 22.7 Å². The van der Waals surface area contributed by atoms with E-state index in [1.54, 1.807) is 17.4 Å². The average molecular weight is 414 g/mol. The summed E-state index contributed by atoms with van der Waals surface area (Å²) >= 11 is 2.95. The van der Waals surface area contributed by atoms with E-state index in [4.69, 9.17) is 4.74 Å². The minimum atomic E-state index is -0.361. The van der Waals surface area contributed by atoms with Gasteiger partial charge in [-0.05, 0) is 48.8 Å². The highest BCUT2D eigenvalue weighted by molar-refractivity contribution is 7.16. The Bertz CT molecular complexity index is 952. The van der Waals surface area contributed by atoms with E-state index in [0.717, 1.165) is 28.2 Å². The summed E-state index contributed by atoms with van der Waals surface area (Å²) in [6.45, 7) is 0. The van der Waals surface area contributed by atoms with E-state index in [9.17, 15) is 14.9 Å². The molecule has 0 radical (unpaired) electrons. The molecule has 1 atom stereocenters. The van der Waals surface area contributed by atoms with Crippen LogP contribution in [0.15, 0.2) is 23.6 Å². The number of carbonyl (C=O) groups is 2. The highest BCUT2D eigenvalue weighted by atomic mass is 32.1. The summed E-state index contributed by atoms with van der Waals surface area (Å²) in [5, 5.41) is 17.7. The monoisotopic (exact) mass is 413 g/mol. The van der Waals surface area contributed by atoms with Gasteiger partial charge in [-0.1, -0.05) is 6.07 Å². The molecule has 2 aliphatic rings. The Hall–Kier alpha value is -2.63. The molecule has 4 rings (SSSR count). The first-order valence-electron chi connectivity index (χ1n) is 9.16. The van der Waals surface area contributed by atoms with Gasteiger partial charge in [0.15, 0.2) is 0 Å². The molecule has 2 amide bonds. The summed E-state index contributed by atoms with van der Waals surface area (Å²) < 4.78 is 5.52. The third-order valence-corrected chi connectivity index (χ3v) is 6.69. The van der Waals surface area contributed by atoms with E-state index >= 15 is 0 Å². The Balaban J connectivity index is 1.42. The first kappa shape index (κ1) is 18.7. The Morgan fingerprint density at radius 2 is 2.18 bits per heavy atom. The molecular weight excluding hydrogens is 394 g/mol. The zero-order valence-electron chi connectivity index (χ0n) is 15.1. The van der Waals surface area contributed by atoms with Crippen molar-refractivity contribution in [3.8, 4) is 6.07 Å². The zero-order chi connectivity index (χ0) is 19.5. The Morgan fingerprint density at radius 1 is 1.32 bits per heavy atom. The number of carbonyl (C=O) groups excluding carboxylic acids is 2. The van der Waals surface area contributed by atoms with Crippen LogP contribution in [-0.4, -0.2) is 24.1 Å². The summed E-state index contributed by atoms with van der Waals surface area (Å²) in [6.07, 6.45) is 6.63. The lowest BCUT2D eigenvalue weighted by Gasteiger charge is -2.22. The molecule has 1 unspecified atom stereocenters. The van der Waals surface area contributed by atoms with Crippen molar-refractivity contribution in [2.24, 2.45) is 0 Å². The topological polar surface area (TPSA) is 91.2 Å². The first-order chi connectivity index (χ1) is 13.6. The molecule has 0 aliphatic heterocycles. The van der Waals surface area contributed by atoms with Crippen LogP contribution in [0.25, 0.3) is 6.08 Å². The van der Waals surface area contributed by atoms with Gasteiger partial charge in [0.1, 0.15) is 17.2 Å². The summed E-state index contributed by atoms with van der Waals surface area (Å²) in [5.41, 5.74) is 1.49. The normalized spacial score (nSPS) is 18.3. The Kier molecular flexibility index (Phi) is 5.46. The first-order valence-corrected chi connectivity index (χ1v) is 10.9. The molecule has 1 fully saturated rings. The van der Waals surface area contributed by atoms with E-state index in [0.29, 0.717) is 29.8 Å². The van der Waals surface area contributed by atoms with Crippen molar-refractivity contribution in [3.63, 3.8) is 0 Å². The van der Waals surface area contributed by atoms with Gasteiger partial charge in [-0.2, -0.15) is 5.26 Å². The van der Waals surface area contributed by atoms with Gasteiger partial charge >= 0.3 is 6.09 Å². The van der Waals surface area contributed by atoms with Crippen molar-refractivity contribution < 1.29 is 14.3 Å². The fraction of sp³-hybridized carbons (Fsp3) is 0.350.